The summed E-state index contributed by atoms with van der Waals surface area (Å²) in [7, 11) is 0. The minimum absolute atomic E-state index is 0.0740. The molecule has 0 aromatic carbocycles. The van der Waals surface area contributed by atoms with Crippen molar-refractivity contribution in [2.75, 3.05) is 6.54 Å². The van der Waals surface area contributed by atoms with Crippen LogP contribution in [0.3, 0.4) is 0 Å². The maximum atomic E-state index is 11.6. The average Bonchev–Trinajstić information content (AvgIpc) is 2.35. The van der Waals surface area contributed by atoms with E-state index >= 15 is 0 Å². The molecule has 3 nitrogen and oxygen atoms in total. The van der Waals surface area contributed by atoms with Crippen molar-refractivity contribution >= 4 is 5.91 Å². The zero-order chi connectivity index (χ0) is 14.6. The van der Waals surface area contributed by atoms with E-state index < -0.39 is 5.60 Å². The van der Waals surface area contributed by atoms with E-state index in [1.54, 1.807) is 6.92 Å². The molecular formula is C16H33NO2. The van der Waals surface area contributed by atoms with Gasteiger partial charge in [-0.2, -0.15) is 0 Å². The molecule has 0 aliphatic carbocycles. The van der Waals surface area contributed by atoms with Crippen LogP contribution in [0.1, 0.15) is 85.0 Å². The van der Waals surface area contributed by atoms with Gasteiger partial charge in [0.2, 0.25) is 5.91 Å². The van der Waals surface area contributed by atoms with E-state index in [-0.39, 0.29) is 5.91 Å². The fraction of sp³-hybridized carbons (Fsp3) is 0.938. The van der Waals surface area contributed by atoms with Gasteiger partial charge in [0, 0.05) is 13.0 Å². The van der Waals surface area contributed by atoms with Crippen molar-refractivity contribution in [3.63, 3.8) is 0 Å². The van der Waals surface area contributed by atoms with Crippen LogP contribution in [0.25, 0.3) is 0 Å². The van der Waals surface area contributed by atoms with Crippen LogP contribution in [0.5, 0.6) is 0 Å². The van der Waals surface area contributed by atoms with Gasteiger partial charge < -0.3 is 10.4 Å². The number of aliphatic hydroxyl groups is 1. The first-order chi connectivity index (χ1) is 9.02. The third-order valence-corrected chi connectivity index (χ3v) is 3.46. The normalized spacial score (nSPS) is 14.1. The Morgan fingerprint density at radius 3 is 2.16 bits per heavy atom. The van der Waals surface area contributed by atoms with Gasteiger partial charge in [-0.15, -0.1) is 0 Å². The Balaban J connectivity index is 3.44. The molecule has 1 amide bonds. The molecule has 19 heavy (non-hydrogen) atoms. The van der Waals surface area contributed by atoms with Crippen molar-refractivity contribution in [3.05, 3.63) is 0 Å². The Morgan fingerprint density at radius 1 is 1.00 bits per heavy atom. The minimum atomic E-state index is -0.759. The van der Waals surface area contributed by atoms with Gasteiger partial charge in [-0.3, -0.25) is 4.79 Å². The Morgan fingerprint density at radius 2 is 1.58 bits per heavy atom. The number of hydrogen-bond donors (Lipinski definition) is 2. The molecule has 114 valence electrons. The highest BCUT2D eigenvalue weighted by Crippen LogP contribution is 2.11. The summed E-state index contributed by atoms with van der Waals surface area (Å²) in [5, 5.41) is 12.8. The molecule has 0 aliphatic heterocycles. The van der Waals surface area contributed by atoms with E-state index in [2.05, 4.69) is 12.2 Å². The lowest BCUT2D eigenvalue weighted by molar-refractivity contribution is -0.122. The number of rotatable bonds is 12. The van der Waals surface area contributed by atoms with Crippen molar-refractivity contribution in [2.24, 2.45) is 0 Å². The highest BCUT2D eigenvalue weighted by atomic mass is 16.3. The molecule has 1 unspecified atom stereocenters. The quantitative estimate of drug-likeness (QED) is 0.530. The monoisotopic (exact) mass is 271 g/mol. The third kappa shape index (κ3) is 12.2. The van der Waals surface area contributed by atoms with Crippen LogP contribution in [0.4, 0.5) is 0 Å². The lowest BCUT2D eigenvalue weighted by Crippen LogP contribution is -2.40. The molecule has 0 rings (SSSR count). The summed E-state index contributed by atoms with van der Waals surface area (Å²) >= 11 is 0. The van der Waals surface area contributed by atoms with Crippen molar-refractivity contribution in [2.45, 2.75) is 90.6 Å². The number of unbranched alkanes of at least 4 members (excludes halogenated alkanes) is 6. The molecule has 0 saturated heterocycles. The summed E-state index contributed by atoms with van der Waals surface area (Å²) in [6.07, 6.45) is 10.8. The van der Waals surface area contributed by atoms with Gasteiger partial charge in [-0.25, -0.2) is 0 Å². The largest absolute Gasteiger partial charge is 0.388 e. The van der Waals surface area contributed by atoms with Crippen molar-refractivity contribution < 1.29 is 9.90 Å². The molecule has 0 fully saturated rings. The molecule has 0 radical (unpaired) electrons. The Hall–Kier alpha value is -0.570. The standard InChI is InChI=1S/C16H33NO2/c1-4-6-7-8-9-10-11-12-15(18)17-14-16(3,19)13-5-2/h19H,4-14H2,1-3H3,(H,17,18). The summed E-state index contributed by atoms with van der Waals surface area (Å²) in [4.78, 5) is 11.6. The predicted octanol–water partition coefficient (Wildman–Crippen LogP) is 3.79. The van der Waals surface area contributed by atoms with Gasteiger partial charge in [0.05, 0.1) is 5.60 Å². The van der Waals surface area contributed by atoms with Gasteiger partial charge in [-0.1, -0.05) is 58.8 Å². The second kappa shape index (κ2) is 11.3. The van der Waals surface area contributed by atoms with E-state index in [0.29, 0.717) is 13.0 Å². The molecule has 0 spiro atoms. The second-order valence-electron chi connectivity index (χ2n) is 5.89. The maximum absolute atomic E-state index is 11.6. The van der Waals surface area contributed by atoms with Crippen LogP contribution in [0, 0.1) is 0 Å². The molecular weight excluding hydrogens is 238 g/mol. The van der Waals surface area contributed by atoms with E-state index in [1.807, 2.05) is 6.92 Å². The first-order valence-electron chi connectivity index (χ1n) is 8.01. The van der Waals surface area contributed by atoms with Crippen molar-refractivity contribution in [3.8, 4) is 0 Å². The molecule has 0 aliphatic rings. The van der Waals surface area contributed by atoms with Crippen LogP contribution in [-0.2, 0) is 4.79 Å². The van der Waals surface area contributed by atoms with Gasteiger partial charge in [-0.05, 0) is 19.8 Å². The second-order valence-corrected chi connectivity index (χ2v) is 5.89. The van der Waals surface area contributed by atoms with E-state index in [1.165, 1.54) is 32.1 Å². The zero-order valence-corrected chi connectivity index (χ0v) is 13.1. The first kappa shape index (κ1) is 18.4. The summed E-state index contributed by atoms with van der Waals surface area (Å²) in [5.74, 6) is 0.0740. The minimum Gasteiger partial charge on any atom is -0.388 e. The number of carbonyl (C=O) groups is 1. The fourth-order valence-corrected chi connectivity index (χ4v) is 2.25. The van der Waals surface area contributed by atoms with Crippen LogP contribution < -0.4 is 5.32 Å². The van der Waals surface area contributed by atoms with Gasteiger partial charge in [0.1, 0.15) is 0 Å². The molecule has 0 aromatic rings. The van der Waals surface area contributed by atoms with E-state index in [0.717, 1.165) is 25.7 Å². The topological polar surface area (TPSA) is 49.3 Å². The Kier molecular flexibility index (Phi) is 10.9. The maximum Gasteiger partial charge on any atom is 0.220 e. The van der Waals surface area contributed by atoms with Crippen LogP contribution in [-0.4, -0.2) is 23.2 Å². The Bertz CT molecular complexity index is 227. The molecule has 0 aromatic heterocycles. The lowest BCUT2D eigenvalue weighted by atomic mass is 10.0. The zero-order valence-electron chi connectivity index (χ0n) is 13.1. The SMILES string of the molecule is CCCCCCCCCC(=O)NCC(C)(O)CCC. The fourth-order valence-electron chi connectivity index (χ4n) is 2.25. The molecule has 3 heteroatoms. The van der Waals surface area contributed by atoms with Crippen LogP contribution >= 0.6 is 0 Å². The molecule has 0 bridgehead atoms. The third-order valence-electron chi connectivity index (χ3n) is 3.46. The van der Waals surface area contributed by atoms with Crippen LogP contribution in [0.2, 0.25) is 0 Å². The predicted molar refractivity (Wildman–Crippen MR) is 81.2 cm³/mol. The van der Waals surface area contributed by atoms with E-state index in [4.69, 9.17) is 0 Å². The molecule has 0 heterocycles. The highest BCUT2D eigenvalue weighted by Gasteiger charge is 2.19. The van der Waals surface area contributed by atoms with Gasteiger partial charge >= 0.3 is 0 Å². The number of nitrogens with one attached hydrogen (secondary N) is 1. The number of carbonyl (C=O) groups excluding carboxylic acids is 1. The smallest absolute Gasteiger partial charge is 0.220 e. The molecule has 2 N–H and O–H groups in total. The van der Waals surface area contributed by atoms with Gasteiger partial charge in [0.15, 0.2) is 0 Å². The molecule has 1 atom stereocenters. The number of amides is 1. The van der Waals surface area contributed by atoms with Gasteiger partial charge in [0.25, 0.3) is 0 Å². The summed E-state index contributed by atoms with van der Waals surface area (Å²) in [5.41, 5.74) is -0.759. The van der Waals surface area contributed by atoms with E-state index in [9.17, 15) is 9.90 Å². The molecule has 0 saturated carbocycles. The lowest BCUT2D eigenvalue weighted by Gasteiger charge is -2.22. The first-order valence-corrected chi connectivity index (χ1v) is 8.01. The Labute approximate surface area is 119 Å². The van der Waals surface area contributed by atoms with Crippen molar-refractivity contribution in [1.82, 2.24) is 5.32 Å². The van der Waals surface area contributed by atoms with Crippen molar-refractivity contribution in [1.29, 1.82) is 0 Å². The summed E-state index contributed by atoms with van der Waals surface area (Å²) < 4.78 is 0. The summed E-state index contributed by atoms with van der Waals surface area (Å²) in [6.45, 7) is 6.41. The average molecular weight is 271 g/mol. The highest BCUT2D eigenvalue weighted by molar-refractivity contribution is 5.75. The van der Waals surface area contributed by atoms with Crippen LogP contribution in [0.15, 0.2) is 0 Å². The summed E-state index contributed by atoms with van der Waals surface area (Å²) in [6, 6.07) is 0. The number of hydrogen-bond acceptors (Lipinski definition) is 2.